The fourth-order valence-corrected chi connectivity index (χ4v) is 2.74. The summed E-state index contributed by atoms with van der Waals surface area (Å²) >= 11 is 0. The fourth-order valence-electron chi connectivity index (χ4n) is 2.74. The van der Waals surface area contributed by atoms with Gasteiger partial charge in [-0.2, -0.15) is 0 Å². The highest BCUT2D eigenvalue weighted by molar-refractivity contribution is 5.74. The van der Waals surface area contributed by atoms with E-state index in [1.165, 1.54) is 0 Å². The summed E-state index contributed by atoms with van der Waals surface area (Å²) in [6.45, 7) is 7.92. The molecule has 0 aromatic heterocycles. The van der Waals surface area contributed by atoms with Crippen molar-refractivity contribution >= 4 is 5.96 Å². The molecule has 6 nitrogen and oxygen atoms in total. The smallest absolute Gasteiger partial charge is 0.314 e. The molecular weight excluding hydrogens is 216 g/mol. The molecule has 6 heteroatoms. The van der Waals surface area contributed by atoms with Crippen LogP contribution in [-0.2, 0) is 0 Å². The first-order valence-corrected chi connectivity index (χ1v) is 6.50. The molecule has 0 aliphatic carbocycles. The van der Waals surface area contributed by atoms with Crippen LogP contribution >= 0.6 is 0 Å². The Morgan fingerprint density at radius 1 is 1.29 bits per heavy atom. The SMILES string of the molecule is CN1CC[N+](CCCN)(C2=NCCN2N)CC1. The lowest BCUT2D eigenvalue weighted by Crippen LogP contribution is -2.66. The van der Waals surface area contributed by atoms with E-state index < -0.39 is 0 Å². The molecule has 0 atom stereocenters. The van der Waals surface area contributed by atoms with Gasteiger partial charge in [-0.15, -0.1) is 0 Å². The van der Waals surface area contributed by atoms with Gasteiger partial charge in [-0.25, -0.2) is 15.8 Å². The Balaban J connectivity index is 2.12. The molecule has 1 saturated heterocycles. The van der Waals surface area contributed by atoms with Crippen LogP contribution in [0.25, 0.3) is 0 Å². The van der Waals surface area contributed by atoms with Crippen LogP contribution in [0.15, 0.2) is 4.99 Å². The molecule has 0 radical (unpaired) electrons. The minimum Gasteiger partial charge on any atom is -0.330 e. The van der Waals surface area contributed by atoms with E-state index in [2.05, 4.69) is 16.9 Å². The fraction of sp³-hybridized carbons (Fsp3) is 0.909. The number of piperazine rings is 1. The quantitative estimate of drug-likeness (QED) is 0.473. The molecule has 4 N–H and O–H groups in total. The van der Waals surface area contributed by atoms with Crippen LogP contribution in [-0.4, -0.2) is 79.8 Å². The number of aliphatic imine (C=N–C) groups is 1. The standard InChI is InChI=1S/C11H25N6/c1-15-6-9-17(10-7-15,8-2-3-12)11-14-4-5-16(11)13/h2-10,12-13H2,1H3/q+1. The van der Waals surface area contributed by atoms with Crippen molar-refractivity contribution in [1.82, 2.24) is 9.91 Å². The van der Waals surface area contributed by atoms with Gasteiger partial charge in [0, 0.05) is 19.5 Å². The van der Waals surface area contributed by atoms with E-state index in [-0.39, 0.29) is 0 Å². The van der Waals surface area contributed by atoms with Crippen molar-refractivity contribution in [3.8, 4) is 0 Å². The van der Waals surface area contributed by atoms with Crippen LogP contribution < -0.4 is 11.6 Å². The largest absolute Gasteiger partial charge is 0.330 e. The number of hydrogen-bond acceptors (Lipinski definition) is 5. The minimum absolute atomic E-state index is 0.744. The molecule has 2 aliphatic rings. The van der Waals surface area contributed by atoms with Crippen molar-refractivity contribution in [2.45, 2.75) is 6.42 Å². The summed E-state index contributed by atoms with van der Waals surface area (Å²) in [5.74, 6) is 7.12. The first-order valence-electron chi connectivity index (χ1n) is 6.50. The van der Waals surface area contributed by atoms with E-state index in [9.17, 15) is 0 Å². The van der Waals surface area contributed by atoms with Gasteiger partial charge in [0.2, 0.25) is 0 Å². The van der Waals surface area contributed by atoms with E-state index in [0.29, 0.717) is 0 Å². The molecule has 0 aromatic carbocycles. The lowest BCUT2D eigenvalue weighted by atomic mass is 10.2. The Labute approximate surface area is 103 Å². The van der Waals surface area contributed by atoms with E-state index in [1.807, 2.05) is 5.01 Å². The van der Waals surface area contributed by atoms with E-state index in [4.69, 9.17) is 11.6 Å². The van der Waals surface area contributed by atoms with Crippen molar-refractivity contribution in [3.63, 3.8) is 0 Å². The van der Waals surface area contributed by atoms with Crippen molar-refractivity contribution < 1.29 is 4.48 Å². The number of nitrogens with two attached hydrogens (primary N) is 2. The van der Waals surface area contributed by atoms with Crippen LogP contribution in [0.3, 0.4) is 0 Å². The van der Waals surface area contributed by atoms with Gasteiger partial charge in [0.1, 0.15) is 0 Å². The van der Waals surface area contributed by atoms with Crippen molar-refractivity contribution in [2.24, 2.45) is 16.6 Å². The van der Waals surface area contributed by atoms with Crippen molar-refractivity contribution in [3.05, 3.63) is 0 Å². The molecule has 98 valence electrons. The topological polar surface area (TPSA) is 70.9 Å². The number of guanidine groups is 1. The summed E-state index contributed by atoms with van der Waals surface area (Å²) < 4.78 is 0.929. The van der Waals surface area contributed by atoms with Crippen LogP contribution in [0.2, 0.25) is 0 Å². The molecule has 2 heterocycles. The second-order valence-corrected chi connectivity index (χ2v) is 5.14. The first kappa shape index (κ1) is 12.8. The number of quaternary nitrogens is 1. The molecule has 0 saturated carbocycles. The maximum atomic E-state index is 6.04. The third-order valence-electron chi connectivity index (χ3n) is 3.89. The van der Waals surface area contributed by atoms with Crippen LogP contribution in [0.5, 0.6) is 0 Å². The molecule has 2 aliphatic heterocycles. The van der Waals surface area contributed by atoms with Crippen LogP contribution in [0.4, 0.5) is 0 Å². The normalized spacial score (nSPS) is 25.1. The molecule has 2 rings (SSSR count). The summed E-state index contributed by atoms with van der Waals surface area (Å²) in [4.78, 5) is 6.99. The zero-order valence-corrected chi connectivity index (χ0v) is 10.8. The third-order valence-corrected chi connectivity index (χ3v) is 3.89. The van der Waals surface area contributed by atoms with Gasteiger partial charge in [0.05, 0.1) is 32.7 Å². The van der Waals surface area contributed by atoms with Crippen LogP contribution in [0, 0.1) is 0 Å². The first-order chi connectivity index (χ1) is 8.18. The Hall–Kier alpha value is -0.690. The highest BCUT2D eigenvalue weighted by Crippen LogP contribution is 2.18. The maximum absolute atomic E-state index is 6.04. The summed E-state index contributed by atoms with van der Waals surface area (Å²) in [5, 5.41) is 1.84. The Bertz CT molecular complexity index is 276. The maximum Gasteiger partial charge on any atom is 0.314 e. The zero-order chi connectivity index (χ0) is 12.3. The lowest BCUT2D eigenvalue weighted by molar-refractivity contribution is -0.851. The summed E-state index contributed by atoms with van der Waals surface area (Å²) in [6.07, 6.45) is 1.04. The van der Waals surface area contributed by atoms with Gasteiger partial charge in [-0.3, -0.25) is 9.38 Å². The average molecular weight is 241 g/mol. The van der Waals surface area contributed by atoms with Gasteiger partial charge in [-0.1, -0.05) is 0 Å². The number of nitrogens with zero attached hydrogens (tertiary/aromatic N) is 4. The minimum atomic E-state index is 0.744. The van der Waals surface area contributed by atoms with Crippen molar-refractivity contribution in [1.29, 1.82) is 0 Å². The second kappa shape index (κ2) is 5.30. The molecule has 1 fully saturated rings. The molecule has 17 heavy (non-hydrogen) atoms. The Kier molecular flexibility index (Phi) is 3.98. The monoisotopic (exact) mass is 241 g/mol. The van der Waals surface area contributed by atoms with Gasteiger partial charge >= 0.3 is 5.96 Å². The summed E-state index contributed by atoms with van der Waals surface area (Å²) in [6, 6.07) is 0. The van der Waals surface area contributed by atoms with Gasteiger partial charge < -0.3 is 5.73 Å². The van der Waals surface area contributed by atoms with E-state index >= 15 is 0 Å². The summed E-state index contributed by atoms with van der Waals surface area (Å²) in [7, 11) is 2.17. The van der Waals surface area contributed by atoms with E-state index in [0.717, 1.165) is 69.2 Å². The average Bonchev–Trinajstić information content (AvgIpc) is 2.76. The second-order valence-electron chi connectivity index (χ2n) is 5.14. The van der Waals surface area contributed by atoms with Crippen LogP contribution in [0.1, 0.15) is 6.42 Å². The summed E-state index contributed by atoms with van der Waals surface area (Å²) in [5.41, 5.74) is 5.66. The predicted octanol–water partition coefficient (Wildman–Crippen LogP) is -1.36. The Morgan fingerprint density at radius 2 is 2.00 bits per heavy atom. The highest BCUT2D eigenvalue weighted by Gasteiger charge is 2.41. The predicted molar refractivity (Wildman–Crippen MR) is 69.2 cm³/mol. The van der Waals surface area contributed by atoms with Gasteiger partial charge in [-0.05, 0) is 13.6 Å². The molecular formula is C11H25N6+. The van der Waals surface area contributed by atoms with Gasteiger partial charge in [0.15, 0.2) is 0 Å². The number of hydrogen-bond donors (Lipinski definition) is 2. The van der Waals surface area contributed by atoms with Crippen molar-refractivity contribution in [2.75, 3.05) is 59.4 Å². The number of rotatable bonds is 3. The molecule has 0 aromatic rings. The number of likely N-dealkylation sites (N-methyl/N-ethyl adjacent to an activating group) is 1. The molecule has 0 bridgehead atoms. The lowest BCUT2D eigenvalue weighted by Gasteiger charge is -2.44. The highest BCUT2D eigenvalue weighted by atomic mass is 15.6. The third kappa shape index (κ3) is 2.60. The molecule has 0 unspecified atom stereocenters. The molecule has 0 amide bonds. The zero-order valence-electron chi connectivity index (χ0n) is 10.8. The number of hydrazine groups is 1. The van der Waals surface area contributed by atoms with Gasteiger partial charge in [0.25, 0.3) is 0 Å². The Morgan fingerprint density at radius 3 is 2.53 bits per heavy atom. The van der Waals surface area contributed by atoms with E-state index in [1.54, 1.807) is 0 Å². The molecule has 0 spiro atoms.